The van der Waals surface area contributed by atoms with Gasteiger partial charge in [0.1, 0.15) is 4.88 Å². The van der Waals surface area contributed by atoms with Crippen molar-refractivity contribution in [1.82, 2.24) is 10.3 Å². The molecule has 0 saturated heterocycles. The van der Waals surface area contributed by atoms with Crippen LogP contribution in [0, 0.1) is 0 Å². The summed E-state index contributed by atoms with van der Waals surface area (Å²) in [7, 11) is 1.55. The summed E-state index contributed by atoms with van der Waals surface area (Å²) in [5.41, 5.74) is 2.14. The molecule has 0 bridgehead atoms. The van der Waals surface area contributed by atoms with E-state index in [-0.39, 0.29) is 18.9 Å². The summed E-state index contributed by atoms with van der Waals surface area (Å²) < 4.78 is 0. The van der Waals surface area contributed by atoms with Crippen LogP contribution in [0.15, 0.2) is 48.5 Å². The summed E-state index contributed by atoms with van der Waals surface area (Å²) in [6.07, 6.45) is -0.0518. The first-order chi connectivity index (χ1) is 14.4. The molecule has 0 radical (unpaired) electrons. The summed E-state index contributed by atoms with van der Waals surface area (Å²) >= 11 is 13.4. The van der Waals surface area contributed by atoms with Crippen LogP contribution in [0.5, 0.6) is 0 Å². The van der Waals surface area contributed by atoms with Gasteiger partial charge in [-0.1, -0.05) is 70.9 Å². The number of halogens is 2. The third-order valence-electron chi connectivity index (χ3n) is 4.32. The SMILES string of the molecule is CNC(=O)c1sc(N(CCC(=O)O)Cc2ccccc2)nc1-c1ccc(Cl)c(Cl)c1. The van der Waals surface area contributed by atoms with E-state index in [1.807, 2.05) is 35.2 Å². The first-order valence-electron chi connectivity index (χ1n) is 9.08. The highest BCUT2D eigenvalue weighted by Crippen LogP contribution is 2.36. The molecule has 0 aliphatic rings. The zero-order valence-corrected chi connectivity index (χ0v) is 18.4. The second-order valence-electron chi connectivity index (χ2n) is 6.43. The maximum Gasteiger partial charge on any atom is 0.305 e. The number of nitrogens with one attached hydrogen (secondary N) is 1. The average molecular weight is 464 g/mol. The number of aromatic nitrogens is 1. The minimum absolute atomic E-state index is 0.0518. The van der Waals surface area contributed by atoms with Crippen molar-refractivity contribution in [3.8, 4) is 11.3 Å². The number of aliphatic carboxylic acids is 1. The molecule has 0 atom stereocenters. The Morgan fingerprint density at radius 1 is 1.13 bits per heavy atom. The maximum atomic E-state index is 12.5. The molecule has 156 valence electrons. The minimum Gasteiger partial charge on any atom is -0.481 e. The summed E-state index contributed by atoms with van der Waals surface area (Å²) in [4.78, 5) is 30.6. The van der Waals surface area contributed by atoms with Gasteiger partial charge in [0, 0.05) is 25.7 Å². The van der Waals surface area contributed by atoms with E-state index in [1.165, 1.54) is 11.3 Å². The molecule has 0 unspecified atom stereocenters. The number of carboxylic acids is 1. The smallest absolute Gasteiger partial charge is 0.305 e. The second kappa shape index (κ2) is 9.93. The number of carboxylic acid groups (broad SMARTS) is 1. The van der Waals surface area contributed by atoms with Crippen LogP contribution in [0.2, 0.25) is 10.0 Å². The monoisotopic (exact) mass is 463 g/mol. The number of rotatable bonds is 8. The highest BCUT2D eigenvalue weighted by atomic mass is 35.5. The van der Waals surface area contributed by atoms with Crippen molar-refractivity contribution in [2.45, 2.75) is 13.0 Å². The topological polar surface area (TPSA) is 82.5 Å². The predicted molar refractivity (Wildman–Crippen MR) is 121 cm³/mol. The fraction of sp³-hybridized carbons (Fsp3) is 0.190. The lowest BCUT2D eigenvalue weighted by molar-refractivity contribution is -0.136. The van der Waals surface area contributed by atoms with Gasteiger partial charge in [-0.3, -0.25) is 9.59 Å². The number of hydrogen-bond acceptors (Lipinski definition) is 5. The number of anilines is 1. The van der Waals surface area contributed by atoms with Crippen LogP contribution in [-0.4, -0.2) is 35.6 Å². The van der Waals surface area contributed by atoms with E-state index in [4.69, 9.17) is 28.3 Å². The highest BCUT2D eigenvalue weighted by molar-refractivity contribution is 7.18. The van der Waals surface area contributed by atoms with Gasteiger partial charge >= 0.3 is 5.97 Å². The standard InChI is InChI=1S/C21H19Cl2N3O3S/c1-24-20(29)19-18(14-7-8-15(22)16(23)11-14)25-21(30-19)26(10-9-17(27)28)12-13-5-3-2-4-6-13/h2-8,11H,9-10,12H2,1H3,(H,24,29)(H,27,28). The first kappa shape index (κ1) is 22.1. The molecule has 2 aromatic carbocycles. The van der Waals surface area contributed by atoms with E-state index < -0.39 is 5.97 Å². The fourth-order valence-corrected chi connectivity index (χ4v) is 4.18. The summed E-state index contributed by atoms with van der Waals surface area (Å²) in [5, 5.41) is 13.1. The van der Waals surface area contributed by atoms with Crippen LogP contribution in [0.1, 0.15) is 21.7 Å². The zero-order chi connectivity index (χ0) is 21.7. The molecular formula is C21H19Cl2N3O3S. The highest BCUT2D eigenvalue weighted by Gasteiger charge is 2.23. The summed E-state index contributed by atoms with van der Waals surface area (Å²) in [6.45, 7) is 0.724. The third-order valence-corrected chi connectivity index (χ3v) is 6.18. The second-order valence-corrected chi connectivity index (χ2v) is 8.22. The van der Waals surface area contributed by atoms with Gasteiger partial charge in [0.25, 0.3) is 5.91 Å². The van der Waals surface area contributed by atoms with Gasteiger partial charge in [-0.25, -0.2) is 4.98 Å². The summed E-state index contributed by atoms with van der Waals surface area (Å²) in [6, 6.07) is 14.7. The Hall–Kier alpha value is -2.61. The Kier molecular flexibility index (Phi) is 7.31. The van der Waals surface area contributed by atoms with E-state index >= 15 is 0 Å². The van der Waals surface area contributed by atoms with Crippen LogP contribution in [-0.2, 0) is 11.3 Å². The molecule has 1 heterocycles. The van der Waals surface area contributed by atoms with E-state index in [1.54, 1.807) is 25.2 Å². The lowest BCUT2D eigenvalue weighted by Gasteiger charge is -2.21. The predicted octanol–water partition coefficient (Wildman–Crippen LogP) is 4.96. The molecule has 0 aliphatic heterocycles. The largest absolute Gasteiger partial charge is 0.481 e. The quantitative estimate of drug-likeness (QED) is 0.493. The molecule has 0 aliphatic carbocycles. The Balaban J connectivity index is 2.04. The minimum atomic E-state index is -0.902. The number of thiazole rings is 1. The van der Waals surface area contributed by atoms with Crippen molar-refractivity contribution in [2.75, 3.05) is 18.5 Å². The molecule has 0 saturated carbocycles. The Morgan fingerprint density at radius 2 is 1.87 bits per heavy atom. The molecule has 0 fully saturated rings. The maximum absolute atomic E-state index is 12.5. The normalized spacial score (nSPS) is 10.6. The van der Waals surface area contributed by atoms with Gasteiger partial charge in [-0.05, 0) is 17.7 Å². The van der Waals surface area contributed by atoms with Crippen LogP contribution < -0.4 is 10.2 Å². The third kappa shape index (κ3) is 5.30. The number of hydrogen-bond donors (Lipinski definition) is 2. The Labute approximate surface area is 188 Å². The molecule has 30 heavy (non-hydrogen) atoms. The number of amides is 1. The lowest BCUT2D eigenvalue weighted by atomic mass is 10.1. The zero-order valence-electron chi connectivity index (χ0n) is 16.1. The molecule has 3 rings (SSSR count). The van der Waals surface area contributed by atoms with Gasteiger partial charge in [-0.15, -0.1) is 0 Å². The van der Waals surface area contributed by atoms with Gasteiger partial charge in [-0.2, -0.15) is 0 Å². The van der Waals surface area contributed by atoms with Crippen molar-refractivity contribution in [3.05, 3.63) is 69.0 Å². The van der Waals surface area contributed by atoms with Crippen molar-refractivity contribution in [1.29, 1.82) is 0 Å². The van der Waals surface area contributed by atoms with Crippen LogP contribution in [0.4, 0.5) is 5.13 Å². The van der Waals surface area contributed by atoms with Crippen molar-refractivity contribution >= 4 is 51.5 Å². The van der Waals surface area contributed by atoms with Crippen molar-refractivity contribution < 1.29 is 14.7 Å². The Bertz CT molecular complexity index is 1060. The van der Waals surface area contributed by atoms with Crippen LogP contribution in [0.25, 0.3) is 11.3 Å². The Morgan fingerprint density at radius 3 is 2.50 bits per heavy atom. The van der Waals surface area contributed by atoms with Crippen LogP contribution in [0.3, 0.4) is 0 Å². The van der Waals surface area contributed by atoms with Gasteiger partial charge in [0.2, 0.25) is 0 Å². The van der Waals surface area contributed by atoms with E-state index in [2.05, 4.69) is 10.3 Å². The van der Waals surface area contributed by atoms with E-state index in [0.29, 0.717) is 37.9 Å². The van der Waals surface area contributed by atoms with Gasteiger partial charge < -0.3 is 15.3 Å². The molecule has 6 nitrogen and oxygen atoms in total. The molecule has 2 N–H and O–H groups in total. The number of benzene rings is 2. The first-order valence-corrected chi connectivity index (χ1v) is 10.6. The molecule has 9 heteroatoms. The molecule has 3 aromatic rings. The van der Waals surface area contributed by atoms with Gasteiger partial charge in [0.05, 0.1) is 22.2 Å². The van der Waals surface area contributed by atoms with Gasteiger partial charge in [0.15, 0.2) is 5.13 Å². The summed E-state index contributed by atoms with van der Waals surface area (Å²) in [5.74, 6) is -1.18. The molecule has 0 spiro atoms. The average Bonchev–Trinajstić information content (AvgIpc) is 3.18. The fourth-order valence-electron chi connectivity index (χ4n) is 2.83. The molecule has 1 aromatic heterocycles. The van der Waals surface area contributed by atoms with E-state index in [0.717, 1.165) is 5.56 Å². The number of carbonyl (C=O) groups excluding carboxylic acids is 1. The molecule has 1 amide bonds. The molecular weight excluding hydrogens is 445 g/mol. The number of carbonyl (C=O) groups is 2. The van der Waals surface area contributed by atoms with E-state index in [9.17, 15) is 9.59 Å². The lowest BCUT2D eigenvalue weighted by Crippen LogP contribution is -2.25. The van der Waals surface area contributed by atoms with Crippen molar-refractivity contribution in [3.63, 3.8) is 0 Å². The van der Waals surface area contributed by atoms with Crippen molar-refractivity contribution in [2.24, 2.45) is 0 Å². The number of nitrogens with zero attached hydrogens (tertiary/aromatic N) is 2. The van der Waals surface area contributed by atoms with Crippen LogP contribution >= 0.6 is 34.5 Å².